The number of hydrogen-bond acceptors (Lipinski definition) is 3. The van der Waals surface area contributed by atoms with Gasteiger partial charge >= 0.3 is 0 Å². The number of carbonyl (C=O) groups is 2. The number of ether oxygens (including phenoxy) is 1. The monoisotopic (exact) mass is 300 g/mol. The van der Waals surface area contributed by atoms with E-state index in [4.69, 9.17) is 10.5 Å². The predicted octanol–water partition coefficient (Wildman–Crippen LogP) is 1.59. The fourth-order valence-corrected chi connectivity index (χ4v) is 3.24. The summed E-state index contributed by atoms with van der Waals surface area (Å²) in [7, 11) is 0. The number of likely N-dealkylation sites (tertiary alicyclic amines) is 1. The molecule has 1 aromatic carbocycles. The Morgan fingerprint density at radius 3 is 2.50 bits per heavy atom. The fraction of sp³-hybridized carbons (Fsp3) is 0.412. The first-order valence-electron chi connectivity index (χ1n) is 7.59. The van der Waals surface area contributed by atoms with E-state index in [1.165, 1.54) is 0 Å². The summed E-state index contributed by atoms with van der Waals surface area (Å²) in [6.07, 6.45) is 6.56. The lowest BCUT2D eigenvalue weighted by atomic mass is 9.86. The van der Waals surface area contributed by atoms with E-state index in [0.29, 0.717) is 23.1 Å². The lowest BCUT2D eigenvalue weighted by Gasteiger charge is -2.17. The van der Waals surface area contributed by atoms with Crippen LogP contribution < -0.4 is 10.5 Å². The molecule has 5 heteroatoms. The Bertz CT molecular complexity index is 596. The van der Waals surface area contributed by atoms with Crippen molar-refractivity contribution in [3.8, 4) is 5.75 Å². The van der Waals surface area contributed by atoms with Crippen molar-refractivity contribution in [3.63, 3.8) is 0 Å². The zero-order valence-electron chi connectivity index (χ0n) is 12.4. The van der Waals surface area contributed by atoms with Gasteiger partial charge in [-0.1, -0.05) is 18.2 Å². The van der Waals surface area contributed by atoms with Gasteiger partial charge in [0, 0.05) is 18.7 Å². The van der Waals surface area contributed by atoms with Crippen molar-refractivity contribution in [1.29, 1.82) is 0 Å². The normalized spacial score (nSPS) is 23.2. The third-order valence-electron chi connectivity index (χ3n) is 4.37. The molecule has 5 nitrogen and oxygen atoms in total. The van der Waals surface area contributed by atoms with E-state index in [-0.39, 0.29) is 12.5 Å². The van der Waals surface area contributed by atoms with Crippen LogP contribution in [0.2, 0.25) is 0 Å². The number of nitrogens with two attached hydrogens (primary N) is 1. The second-order valence-corrected chi connectivity index (χ2v) is 5.96. The number of hydrogen-bond donors (Lipinski definition) is 1. The van der Waals surface area contributed by atoms with Gasteiger partial charge in [0.15, 0.2) is 6.61 Å². The first kappa shape index (κ1) is 14.6. The summed E-state index contributed by atoms with van der Waals surface area (Å²) in [6.45, 7) is 1.46. The summed E-state index contributed by atoms with van der Waals surface area (Å²) in [5.41, 5.74) is 5.65. The SMILES string of the molecule is NC(=O)COc1cccc(C(=O)N2C[C@H]3CC=CC[C@H]3C2)c1. The van der Waals surface area contributed by atoms with E-state index in [9.17, 15) is 9.59 Å². The van der Waals surface area contributed by atoms with Crippen molar-refractivity contribution in [2.24, 2.45) is 17.6 Å². The fourth-order valence-electron chi connectivity index (χ4n) is 3.24. The number of amides is 2. The van der Waals surface area contributed by atoms with E-state index in [0.717, 1.165) is 25.9 Å². The van der Waals surface area contributed by atoms with Crippen LogP contribution in [0.15, 0.2) is 36.4 Å². The summed E-state index contributed by atoms with van der Waals surface area (Å²) in [5, 5.41) is 0. The number of fused-ring (bicyclic) bond motifs is 1. The molecule has 1 aliphatic heterocycles. The highest BCUT2D eigenvalue weighted by Gasteiger charge is 2.35. The zero-order chi connectivity index (χ0) is 15.5. The molecule has 0 spiro atoms. The Labute approximate surface area is 129 Å². The highest BCUT2D eigenvalue weighted by Crippen LogP contribution is 2.33. The maximum atomic E-state index is 12.6. The summed E-state index contributed by atoms with van der Waals surface area (Å²) in [4.78, 5) is 25.3. The van der Waals surface area contributed by atoms with Gasteiger partial charge in [0.2, 0.25) is 0 Å². The molecule has 22 heavy (non-hydrogen) atoms. The zero-order valence-corrected chi connectivity index (χ0v) is 12.4. The molecule has 2 N–H and O–H groups in total. The van der Waals surface area contributed by atoms with Crippen LogP contribution in [0.4, 0.5) is 0 Å². The average molecular weight is 300 g/mol. The molecule has 0 aromatic heterocycles. The molecule has 0 bridgehead atoms. The van der Waals surface area contributed by atoms with Gasteiger partial charge < -0.3 is 15.4 Å². The highest BCUT2D eigenvalue weighted by molar-refractivity contribution is 5.94. The van der Waals surface area contributed by atoms with Crippen molar-refractivity contribution in [2.45, 2.75) is 12.8 Å². The molecule has 0 saturated carbocycles. The van der Waals surface area contributed by atoms with Gasteiger partial charge in [0.25, 0.3) is 11.8 Å². The van der Waals surface area contributed by atoms with Crippen LogP contribution in [0.3, 0.4) is 0 Å². The van der Waals surface area contributed by atoms with Gasteiger partial charge in [-0.2, -0.15) is 0 Å². The third kappa shape index (κ3) is 3.13. The van der Waals surface area contributed by atoms with Crippen molar-refractivity contribution in [3.05, 3.63) is 42.0 Å². The van der Waals surface area contributed by atoms with Crippen molar-refractivity contribution in [2.75, 3.05) is 19.7 Å². The molecular weight excluding hydrogens is 280 g/mol. The molecule has 116 valence electrons. The van der Waals surface area contributed by atoms with Crippen LogP contribution >= 0.6 is 0 Å². The van der Waals surface area contributed by atoms with Crippen molar-refractivity contribution < 1.29 is 14.3 Å². The molecule has 1 saturated heterocycles. The van der Waals surface area contributed by atoms with Gasteiger partial charge in [-0.15, -0.1) is 0 Å². The van der Waals surface area contributed by atoms with E-state index >= 15 is 0 Å². The van der Waals surface area contributed by atoms with Gasteiger partial charge in [-0.25, -0.2) is 0 Å². The third-order valence-corrected chi connectivity index (χ3v) is 4.37. The second kappa shape index (κ2) is 6.22. The Hall–Kier alpha value is -2.30. The van der Waals surface area contributed by atoms with Crippen LogP contribution in [-0.4, -0.2) is 36.4 Å². The molecule has 1 fully saturated rings. The lowest BCUT2D eigenvalue weighted by molar-refractivity contribution is -0.119. The van der Waals surface area contributed by atoms with E-state index in [1.54, 1.807) is 24.3 Å². The molecule has 0 radical (unpaired) electrons. The number of nitrogens with zero attached hydrogens (tertiary/aromatic N) is 1. The smallest absolute Gasteiger partial charge is 0.255 e. The van der Waals surface area contributed by atoms with Crippen LogP contribution in [0.25, 0.3) is 0 Å². The van der Waals surface area contributed by atoms with Crippen LogP contribution in [0.5, 0.6) is 5.75 Å². The molecule has 1 aliphatic carbocycles. The number of allylic oxidation sites excluding steroid dienone is 2. The largest absolute Gasteiger partial charge is 0.484 e. The molecule has 1 heterocycles. The molecule has 2 amide bonds. The van der Waals surface area contributed by atoms with Gasteiger partial charge in [0.1, 0.15) is 5.75 Å². The maximum absolute atomic E-state index is 12.6. The summed E-state index contributed by atoms with van der Waals surface area (Å²) in [6, 6.07) is 6.92. The maximum Gasteiger partial charge on any atom is 0.255 e. The molecule has 1 aromatic rings. The number of primary amides is 1. The molecule has 0 unspecified atom stereocenters. The van der Waals surface area contributed by atoms with Crippen molar-refractivity contribution in [1.82, 2.24) is 4.90 Å². The van der Waals surface area contributed by atoms with E-state index < -0.39 is 5.91 Å². The minimum atomic E-state index is -0.534. The Balaban J connectivity index is 1.67. The second-order valence-electron chi connectivity index (χ2n) is 5.96. The first-order valence-corrected chi connectivity index (χ1v) is 7.59. The van der Waals surface area contributed by atoms with Crippen LogP contribution in [0.1, 0.15) is 23.2 Å². The first-order chi connectivity index (χ1) is 10.6. The predicted molar refractivity (Wildman–Crippen MR) is 82.4 cm³/mol. The quantitative estimate of drug-likeness (QED) is 0.858. The summed E-state index contributed by atoms with van der Waals surface area (Å²) < 4.78 is 5.26. The number of benzene rings is 1. The Morgan fingerprint density at radius 1 is 1.18 bits per heavy atom. The van der Waals surface area contributed by atoms with E-state index in [1.807, 2.05) is 4.90 Å². The van der Waals surface area contributed by atoms with Gasteiger partial charge in [-0.05, 0) is 42.9 Å². The van der Waals surface area contributed by atoms with Gasteiger partial charge in [0.05, 0.1) is 0 Å². The van der Waals surface area contributed by atoms with Crippen molar-refractivity contribution >= 4 is 11.8 Å². The van der Waals surface area contributed by atoms with Gasteiger partial charge in [-0.3, -0.25) is 9.59 Å². The minimum Gasteiger partial charge on any atom is -0.484 e. The summed E-state index contributed by atoms with van der Waals surface area (Å²) in [5.74, 6) is 1.15. The number of rotatable bonds is 4. The topological polar surface area (TPSA) is 72.6 Å². The number of carbonyl (C=O) groups excluding carboxylic acids is 2. The highest BCUT2D eigenvalue weighted by atomic mass is 16.5. The lowest BCUT2D eigenvalue weighted by Crippen LogP contribution is -2.29. The summed E-state index contributed by atoms with van der Waals surface area (Å²) >= 11 is 0. The molecule has 2 aliphatic rings. The molecule has 3 rings (SSSR count). The molecule has 2 atom stereocenters. The standard InChI is InChI=1S/C17H20N2O3/c18-16(20)11-22-15-7-3-6-12(8-15)17(21)19-9-13-4-1-2-5-14(13)10-19/h1-3,6-8,13-14H,4-5,9-11H2,(H2,18,20)/t13-,14+. The minimum absolute atomic E-state index is 0.0268. The van der Waals surface area contributed by atoms with E-state index in [2.05, 4.69) is 12.2 Å². The van der Waals surface area contributed by atoms with Crippen LogP contribution in [0, 0.1) is 11.8 Å². The molecular formula is C17H20N2O3. The Kier molecular flexibility index (Phi) is 4.13. The van der Waals surface area contributed by atoms with Crippen LogP contribution in [-0.2, 0) is 4.79 Å². The Morgan fingerprint density at radius 2 is 1.86 bits per heavy atom. The average Bonchev–Trinajstić information content (AvgIpc) is 2.96.